The van der Waals surface area contributed by atoms with Crippen LogP contribution in [0.3, 0.4) is 0 Å². The third kappa shape index (κ3) is 3.51. The van der Waals surface area contributed by atoms with E-state index in [0.717, 1.165) is 50.9 Å². The zero-order chi connectivity index (χ0) is 23.3. The summed E-state index contributed by atoms with van der Waals surface area (Å²) in [4.78, 5) is 14.6. The summed E-state index contributed by atoms with van der Waals surface area (Å²) >= 11 is 1.65. The quantitative estimate of drug-likeness (QED) is 0.301. The first-order valence-corrected chi connectivity index (χ1v) is 12.3. The van der Waals surface area contributed by atoms with Gasteiger partial charge in [-0.3, -0.25) is 4.79 Å². The maximum Gasteiger partial charge on any atom is 0.167 e. The molecule has 1 aliphatic carbocycles. The van der Waals surface area contributed by atoms with E-state index in [9.17, 15) is 4.79 Å². The van der Waals surface area contributed by atoms with Crippen molar-refractivity contribution in [3.63, 3.8) is 0 Å². The summed E-state index contributed by atoms with van der Waals surface area (Å²) in [5.74, 6) is 0.146. The molecule has 0 spiro atoms. The zero-order valence-corrected chi connectivity index (χ0v) is 19.9. The molecular weight excluding hydrogens is 440 g/mol. The number of para-hydroxylation sites is 2. The second kappa shape index (κ2) is 7.92. The first-order valence-electron chi connectivity index (χ1n) is 11.4. The summed E-state index contributed by atoms with van der Waals surface area (Å²) in [6, 6.07) is 24.2. The number of carbonyl (C=O) groups is 1. The van der Waals surface area contributed by atoms with Gasteiger partial charge < -0.3 is 0 Å². The van der Waals surface area contributed by atoms with Crippen LogP contribution < -0.4 is 0 Å². The average Bonchev–Trinajstić information content (AvgIpc) is 3.57. The highest BCUT2D eigenvalue weighted by Crippen LogP contribution is 2.43. The summed E-state index contributed by atoms with van der Waals surface area (Å²) in [7, 11) is 0. The van der Waals surface area contributed by atoms with Gasteiger partial charge in [-0.2, -0.15) is 10.2 Å². The summed E-state index contributed by atoms with van der Waals surface area (Å²) in [6.45, 7) is 4.28. The van der Waals surface area contributed by atoms with Crippen LogP contribution in [0.2, 0.25) is 0 Å². The van der Waals surface area contributed by atoms with Crippen molar-refractivity contribution in [1.29, 1.82) is 0 Å². The molecule has 0 bridgehead atoms. The van der Waals surface area contributed by atoms with E-state index >= 15 is 0 Å². The lowest BCUT2D eigenvalue weighted by Gasteiger charge is -2.27. The summed E-state index contributed by atoms with van der Waals surface area (Å²) < 4.78 is 3.84. The van der Waals surface area contributed by atoms with E-state index in [2.05, 4.69) is 25.3 Å². The van der Waals surface area contributed by atoms with Gasteiger partial charge in [-0.15, -0.1) is 11.3 Å². The number of hydrogen-bond acceptors (Lipinski definition) is 4. The highest BCUT2D eigenvalue weighted by molar-refractivity contribution is 7.13. The van der Waals surface area contributed by atoms with Crippen LogP contribution in [-0.4, -0.2) is 25.3 Å². The Hall–Kier alpha value is -3.77. The molecule has 34 heavy (non-hydrogen) atoms. The van der Waals surface area contributed by atoms with Crippen LogP contribution in [0, 0.1) is 5.41 Å². The fourth-order valence-corrected chi connectivity index (χ4v) is 5.50. The van der Waals surface area contributed by atoms with Gasteiger partial charge >= 0.3 is 0 Å². The fraction of sp³-hybridized carbons (Fsp3) is 0.179. The van der Waals surface area contributed by atoms with Gasteiger partial charge in [-0.25, -0.2) is 9.36 Å². The van der Waals surface area contributed by atoms with E-state index < -0.39 is 0 Å². The van der Waals surface area contributed by atoms with Crippen LogP contribution in [0.25, 0.3) is 33.2 Å². The van der Waals surface area contributed by atoms with Gasteiger partial charge in [0.05, 0.1) is 33.2 Å². The highest BCUT2D eigenvalue weighted by atomic mass is 32.1. The lowest BCUT2D eigenvalue weighted by atomic mass is 9.75. The van der Waals surface area contributed by atoms with Crippen molar-refractivity contribution >= 4 is 17.1 Å². The molecule has 2 aromatic carbocycles. The van der Waals surface area contributed by atoms with Crippen molar-refractivity contribution in [3.05, 3.63) is 95.6 Å². The molecule has 168 valence electrons. The summed E-state index contributed by atoms with van der Waals surface area (Å²) in [5.41, 5.74) is 5.99. The molecule has 0 aliphatic heterocycles. The van der Waals surface area contributed by atoms with Crippen LogP contribution in [-0.2, 0) is 6.42 Å². The minimum Gasteiger partial charge on any atom is -0.294 e. The summed E-state index contributed by atoms with van der Waals surface area (Å²) in [5, 5.41) is 12.1. The standard InChI is InChI=1S/C28H24N4OS/c1-28(2)16-22-25(23(33)17-28)27(32(29-22)20-12-7-4-8-13-20)21-18-31(19-10-5-3-6-11-19)30-26(21)24-14-9-15-34-24/h3-15,18H,16-17H2,1-2H3. The Labute approximate surface area is 202 Å². The molecule has 3 aromatic heterocycles. The first-order chi connectivity index (χ1) is 16.5. The van der Waals surface area contributed by atoms with Crippen LogP contribution in [0.4, 0.5) is 0 Å². The van der Waals surface area contributed by atoms with Crippen LogP contribution in [0.1, 0.15) is 36.3 Å². The maximum absolute atomic E-state index is 13.5. The third-order valence-electron chi connectivity index (χ3n) is 6.27. The average molecular weight is 465 g/mol. The van der Waals surface area contributed by atoms with E-state index in [-0.39, 0.29) is 11.2 Å². The molecule has 1 aliphatic rings. The number of carbonyl (C=O) groups excluding carboxylic acids is 1. The molecule has 5 aromatic rings. The van der Waals surface area contributed by atoms with Crippen molar-refractivity contribution < 1.29 is 4.79 Å². The molecule has 0 fully saturated rings. The van der Waals surface area contributed by atoms with Crippen LogP contribution >= 0.6 is 11.3 Å². The molecule has 0 atom stereocenters. The van der Waals surface area contributed by atoms with Crippen LogP contribution in [0.5, 0.6) is 0 Å². The molecule has 0 radical (unpaired) electrons. The largest absolute Gasteiger partial charge is 0.294 e. The molecule has 0 saturated heterocycles. The van der Waals surface area contributed by atoms with Gasteiger partial charge in [0.1, 0.15) is 5.69 Å². The molecule has 0 unspecified atom stereocenters. The second-order valence-corrected chi connectivity index (χ2v) is 10.5. The number of Topliss-reactive ketones (excluding diaryl/α,β-unsaturated/α-hetero) is 1. The van der Waals surface area contributed by atoms with Gasteiger partial charge in [-0.1, -0.05) is 56.3 Å². The SMILES string of the molecule is CC1(C)CC(=O)c2c(nn(-c3ccccc3)c2-c2cn(-c3ccccc3)nc2-c2cccs2)C1. The predicted molar refractivity (Wildman–Crippen MR) is 136 cm³/mol. The molecule has 0 N–H and O–H groups in total. The highest BCUT2D eigenvalue weighted by Gasteiger charge is 2.38. The number of thiophene rings is 1. The smallest absolute Gasteiger partial charge is 0.167 e. The van der Waals surface area contributed by atoms with Gasteiger partial charge in [0.25, 0.3) is 0 Å². The Kier molecular flexibility index (Phi) is 4.85. The molecule has 3 heterocycles. The number of rotatable bonds is 4. The minimum absolute atomic E-state index is 0.109. The number of hydrogen-bond donors (Lipinski definition) is 0. The van der Waals surface area contributed by atoms with E-state index in [1.807, 2.05) is 82.3 Å². The number of aromatic nitrogens is 4. The van der Waals surface area contributed by atoms with E-state index in [0.29, 0.717) is 6.42 Å². The minimum atomic E-state index is -0.109. The molecule has 0 saturated carbocycles. The maximum atomic E-state index is 13.5. The molecule has 0 amide bonds. The molecule has 5 nitrogen and oxygen atoms in total. The number of nitrogens with zero attached hydrogens (tertiary/aromatic N) is 4. The Morgan fingerprint density at radius 1 is 0.853 bits per heavy atom. The van der Waals surface area contributed by atoms with E-state index in [4.69, 9.17) is 10.2 Å². The lowest BCUT2D eigenvalue weighted by molar-refractivity contribution is 0.0912. The van der Waals surface area contributed by atoms with Crippen molar-refractivity contribution in [2.24, 2.45) is 5.41 Å². The van der Waals surface area contributed by atoms with Crippen molar-refractivity contribution in [1.82, 2.24) is 19.6 Å². The van der Waals surface area contributed by atoms with Gasteiger partial charge in [0.15, 0.2) is 5.78 Å². The van der Waals surface area contributed by atoms with E-state index in [1.54, 1.807) is 11.3 Å². The number of benzene rings is 2. The summed E-state index contributed by atoms with van der Waals surface area (Å²) in [6.07, 6.45) is 3.31. The number of fused-ring (bicyclic) bond motifs is 1. The van der Waals surface area contributed by atoms with Gasteiger partial charge in [-0.05, 0) is 47.5 Å². The Bertz CT molecular complexity index is 1480. The third-order valence-corrected chi connectivity index (χ3v) is 7.14. The molecule has 6 heteroatoms. The number of ketones is 1. The van der Waals surface area contributed by atoms with Crippen molar-refractivity contribution in [2.45, 2.75) is 26.7 Å². The Morgan fingerprint density at radius 2 is 1.56 bits per heavy atom. The van der Waals surface area contributed by atoms with Crippen molar-refractivity contribution in [2.75, 3.05) is 0 Å². The molecular formula is C28H24N4OS. The normalized spacial score (nSPS) is 14.8. The van der Waals surface area contributed by atoms with E-state index in [1.165, 1.54) is 0 Å². The first kappa shape index (κ1) is 20.8. The van der Waals surface area contributed by atoms with Crippen molar-refractivity contribution in [3.8, 4) is 33.2 Å². The zero-order valence-electron chi connectivity index (χ0n) is 19.1. The van der Waals surface area contributed by atoms with Gasteiger partial charge in [0.2, 0.25) is 0 Å². The predicted octanol–water partition coefficient (Wildman–Crippen LogP) is 6.61. The Morgan fingerprint density at radius 3 is 2.24 bits per heavy atom. The lowest BCUT2D eigenvalue weighted by Crippen LogP contribution is -2.26. The van der Waals surface area contributed by atoms with Crippen LogP contribution in [0.15, 0.2) is 84.4 Å². The fourth-order valence-electron chi connectivity index (χ4n) is 4.78. The topological polar surface area (TPSA) is 52.7 Å². The second-order valence-electron chi connectivity index (χ2n) is 9.51. The van der Waals surface area contributed by atoms with Gasteiger partial charge in [0, 0.05) is 18.2 Å². The Balaban J connectivity index is 1.66. The monoisotopic (exact) mass is 464 g/mol. The molecule has 6 rings (SSSR count).